The van der Waals surface area contributed by atoms with Crippen LogP contribution in [0.5, 0.6) is 5.75 Å². The number of anilines is 1. The van der Waals surface area contributed by atoms with Gasteiger partial charge in [0.1, 0.15) is 12.4 Å². The van der Waals surface area contributed by atoms with E-state index >= 15 is 0 Å². The number of pyridine rings is 1. The molecular formula is C18H15N3O3. The van der Waals surface area contributed by atoms with E-state index in [9.17, 15) is 4.79 Å². The number of hydrogen-bond donors (Lipinski definition) is 0. The summed E-state index contributed by atoms with van der Waals surface area (Å²) in [5, 5.41) is 3.94. The molecule has 1 aromatic carbocycles. The molecule has 3 heterocycles. The van der Waals surface area contributed by atoms with Crippen molar-refractivity contribution in [2.24, 2.45) is 0 Å². The number of hydrogen-bond acceptors (Lipinski definition) is 5. The second-order valence-electron chi connectivity index (χ2n) is 5.62. The zero-order valence-corrected chi connectivity index (χ0v) is 13.0. The quantitative estimate of drug-likeness (QED) is 0.725. The van der Waals surface area contributed by atoms with E-state index in [4.69, 9.17) is 9.26 Å². The molecule has 1 atom stereocenters. The molecule has 4 rings (SSSR count). The third-order valence-electron chi connectivity index (χ3n) is 3.94. The fourth-order valence-corrected chi connectivity index (χ4v) is 2.75. The predicted molar refractivity (Wildman–Crippen MR) is 87.9 cm³/mol. The normalized spacial score (nSPS) is 16.4. The molecule has 0 unspecified atom stereocenters. The first-order chi connectivity index (χ1) is 11.7. The molecule has 6 nitrogen and oxygen atoms in total. The number of benzene rings is 1. The molecular weight excluding hydrogens is 306 g/mol. The lowest BCUT2D eigenvalue weighted by Gasteiger charge is -2.34. The van der Waals surface area contributed by atoms with E-state index in [0.29, 0.717) is 18.1 Å². The average molecular weight is 321 g/mol. The van der Waals surface area contributed by atoms with Gasteiger partial charge in [-0.15, -0.1) is 0 Å². The van der Waals surface area contributed by atoms with E-state index in [-0.39, 0.29) is 17.6 Å². The smallest absolute Gasteiger partial charge is 0.280 e. The number of ether oxygens (including phenoxy) is 1. The van der Waals surface area contributed by atoms with Crippen molar-refractivity contribution >= 4 is 11.6 Å². The first-order valence-corrected chi connectivity index (χ1v) is 7.66. The summed E-state index contributed by atoms with van der Waals surface area (Å²) in [5.74, 6) is 0.998. The van der Waals surface area contributed by atoms with Gasteiger partial charge in [-0.2, -0.15) is 0 Å². The first-order valence-electron chi connectivity index (χ1n) is 7.66. The van der Waals surface area contributed by atoms with Crippen molar-refractivity contribution < 1.29 is 14.1 Å². The van der Waals surface area contributed by atoms with Gasteiger partial charge in [-0.1, -0.05) is 17.3 Å². The Balaban J connectivity index is 1.68. The van der Waals surface area contributed by atoms with Crippen LogP contribution in [0.25, 0.3) is 11.3 Å². The first kappa shape index (κ1) is 14.4. The van der Waals surface area contributed by atoms with Gasteiger partial charge in [0.05, 0.1) is 11.7 Å². The predicted octanol–water partition coefficient (Wildman–Crippen LogP) is 3.16. The molecule has 0 bridgehead atoms. The largest absolute Gasteiger partial charge is 0.489 e. The van der Waals surface area contributed by atoms with Crippen molar-refractivity contribution in [1.29, 1.82) is 0 Å². The minimum Gasteiger partial charge on any atom is -0.489 e. The van der Waals surface area contributed by atoms with Gasteiger partial charge < -0.3 is 9.26 Å². The molecule has 0 saturated carbocycles. The molecule has 0 aliphatic carbocycles. The summed E-state index contributed by atoms with van der Waals surface area (Å²) in [6.07, 6.45) is 3.35. The summed E-state index contributed by atoms with van der Waals surface area (Å²) in [5.41, 5.74) is 1.78. The lowest BCUT2D eigenvalue weighted by Crippen LogP contribution is -2.45. The van der Waals surface area contributed by atoms with Crippen LogP contribution in [0, 0.1) is 0 Å². The summed E-state index contributed by atoms with van der Waals surface area (Å²) in [6, 6.07) is 12.7. The molecule has 1 aliphatic rings. The Kier molecular flexibility index (Phi) is 3.49. The van der Waals surface area contributed by atoms with Gasteiger partial charge in [0, 0.05) is 24.0 Å². The molecule has 1 amide bonds. The Hall–Kier alpha value is -3.15. The highest BCUT2D eigenvalue weighted by Crippen LogP contribution is 2.34. The third-order valence-corrected chi connectivity index (χ3v) is 3.94. The molecule has 6 heteroatoms. The van der Waals surface area contributed by atoms with Gasteiger partial charge in [0.2, 0.25) is 0 Å². The highest BCUT2D eigenvalue weighted by atomic mass is 16.5. The lowest BCUT2D eigenvalue weighted by atomic mass is 10.1. The van der Waals surface area contributed by atoms with Crippen molar-refractivity contribution in [2.45, 2.75) is 13.0 Å². The molecule has 3 aromatic rings. The van der Waals surface area contributed by atoms with Gasteiger partial charge in [-0.25, -0.2) is 0 Å². The van der Waals surface area contributed by atoms with Crippen molar-refractivity contribution in [1.82, 2.24) is 10.1 Å². The zero-order chi connectivity index (χ0) is 16.5. The molecule has 0 radical (unpaired) electrons. The number of nitrogens with zero attached hydrogens (tertiary/aromatic N) is 3. The Morgan fingerprint density at radius 1 is 1.25 bits per heavy atom. The Morgan fingerprint density at radius 2 is 2.12 bits per heavy atom. The molecule has 2 aromatic heterocycles. The van der Waals surface area contributed by atoms with Gasteiger partial charge in [0.25, 0.3) is 5.91 Å². The standard InChI is InChI=1S/C18H15N3O3/c1-12-11-23-16-7-3-2-6-15(16)21(12)18(22)14-9-17(24-20-14)13-5-4-8-19-10-13/h2-10,12H,11H2,1H3/t12-/m0/s1. The van der Waals surface area contributed by atoms with E-state index in [1.165, 1.54) is 0 Å². The fraction of sp³-hybridized carbons (Fsp3) is 0.167. The van der Waals surface area contributed by atoms with Gasteiger partial charge >= 0.3 is 0 Å². The molecule has 24 heavy (non-hydrogen) atoms. The second-order valence-corrected chi connectivity index (χ2v) is 5.62. The van der Waals surface area contributed by atoms with E-state index in [0.717, 1.165) is 11.3 Å². The summed E-state index contributed by atoms with van der Waals surface area (Å²) in [4.78, 5) is 18.7. The second kappa shape index (κ2) is 5.81. The van der Waals surface area contributed by atoms with E-state index in [1.54, 1.807) is 29.4 Å². The number of fused-ring (bicyclic) bond motifs is 1. The number of rotatable bonds is 2. The van der Waals surface area contributed by atoms with E-state index < -0.39 is 0 Å². The maximum atomic E-state index is 12.9. The van der Waals surface area contributed by atoms with Crippen LogP contribution in [-0.2, 0) is 0 Å². The van der Waals surface area contributed by atoms with Crippen molar-refractivity contribution in [2.75, 3.05) is 11.5 Å². The maximum absolute atomic E-state index is 12.9. The molecule has 0 spiro atoms. The molecule has 1 aliphatic heterocycles. The molecule has 0 saturated heterocycles. The van der Waals surface area contributed by atoms with Crippen LogP contribution in [-0.4, -0.2) is 28.7 Å². The minimum absolute atomic E-state index is 0.0917. The Morgan fingerprint density at radius 3 is 2.96 bits per heavy atom. The lowest BCUT2D eigenvalue weighted by molar-refractivity contribution is 0.0952. The molecule has 0 N–H and O–H groups in total. The van der Waals surface area contributed by atoms with Crippen molar-refractivity contribution in [3.8, 4) is 17.1 Å². The zero-order valence-electron chi connectivity index (χ0n) is 13.0. The Labute approximate surface area is 138 Å². The van der Waals surface area contributed by atoms with Crippen molar-refractivity contribution in [3.63, 3.8) is 0 Å². The molecule has 0 fully saturated rings. The molecule has 120 valence electrons. The number of aromatic nitrogens is 2. The third kappa shape index (κ3) is 2.42. The maximum Gasteiger partial charge on any atom is 0.280 e. The number of carbonyl (C=O) groups is 1. The van der Waals surface area contributed by atoms with Gasteiger partial charge in [0.15, 0.2) is 11.5 Å². The SMILES string of the molecule is C[C@H]1COc2ccccc2N1C(=O)c1cc(-c2cccnc2)on1. The van der Waals surface area contributed by atoms with Gasteiger partial charge in [-0.05, 0) is 31.2 Å². The van der Waals surface area contributed by atoms with Crippen LogP contribution >= 0.6 is 0 Å². The van der Waals surface area contributed by atoms with Crippen molar-refractivity contribution in [3.05, 3.63) is 60.6 Å². The monoisotopic (exact) mass is 321 g/mol. The van der Waals surface area contributed by atoms with Crippen LogP contribution in [0.3, 0.4) is 0 Å². The minimum atomic E-state index is -0.211. The summed E-state index contributed by atoms with van der Waals surface area (Å²) >= 11 is 0. The van der Waals surface area contributed by atoms with Crippen LogP contribution in [0.4, 0.5) is 5.69 Å². The van der Waals surface area contributed by atoms with Crippen LogP contribution in [0.15, 0.2) is 59.4 Å². The summed E-state index contributed by atoms with van der Waals surface area (Å²) in [7, 11) is 0. The summed E-state index contributed by atoms with van der Waals surface area (Å²) in [6.45, 7) is 2.38. The highest BCUT2D eigenvalue weighted by molar-refractivity contribution is 6.06. The highest BCUT2D eigenvalue weighted by Gasteiger charge is 2.31. The van der Waals surface area contributed by atoms with Crippen LogP contribution in [0.1, 0.15) is 17.4 Å². The van der Waals surface area contributed by atoms with Crippen LogP contribution < -0.4 is 9.64 Å². The number of amides is 1. The average Bonchev–Trinajstić information content (AvgIpc) is 3.12. The fourth-order valence-electron chi connectivity index (χ4n) is 2.75. The van der Waals surface area contributed by atoms with E-state index in [1.807, 2.05) is 37.3 Å². The van der Waals surface area contributed by atoms with Crippen LogP contribution in [0.2, 0.25) is 0 Å². The van der Waals surface area contributed by atoms with E-state index in [2.05, 4.69) is 10.1 Å². The van der Waals surface area contributed by atoms with Gasteiger partial charge in [-0.3, -0.25) is 14.7 Å². The summed E-state index contributed by atoms with van der Waals surface area (Å²) < 4.78 is 11.0. The Bertz CT molecular complexity index is 876. The number of para-hydroxylation sites is 2. The number of carbonyl (C=O) groups excluding carboxylic acids is 1. The topological polar surface area (TPSA) is 68.5 Å².